The molecule has 94 valence electrons. The van der Waals surface area contributed by atoms with Crippen molar-refractivity contribution in [2.75, 3.05) is 0 Å². The van der Waals surface area contributed by atoms with Crippen molar-refractivity contribution in [3.8, 4) is 0 Å². The molecule has 1 aromatic rings. The Kier molecular flexibility index (Phi) is 4.11. The molecule has 0 heterocycles. The lowest BCUT2D eigenvalue weighted by Crippen LogP contribution is -2.26. The molecular formula is C11H12F3NO2. The van der Waals surface area contributed by atoms with Crippen LogP contribution >= 0.6 is 0 Å². The molecule has 6 heteroatoms. The predicted molar refractivity (Wildman–Crippen MR) is 55.4 cm³/mol. The summed E-state index contributed by atoms with van der Waals surface area (Å²) in [6.07, 6.45) is -4.56. The number of carboxylic acid groups (broad SMARTS) is 1. The van der Waals surface area contributed by atoms with Crippen LogP contribution in [-0.2, 0) is 17.4 Å². The highest BCUT2D eigenvalue weighted by atomic mass is 19.4. The number of carbonyl (C=O) groups is 1. The first-order valence-electron chi connectivity index (χ1n) is 4.92. The third kappa shape index (κ3) is 4.44. The fourth-order valence-electron chi connectivity index (χ4n) is 1.47. The maximum atomic E-state index is 12.4. The van der Waals surface area contributed by atoms with Crippen LogP contribution in [0.5, 0.6) is 0 Å². The Hall–Kier alpha value is -1.56. The summed E-state index contributed by atoms with van der Waals surface area (Å²) in [4.78, 5) is 10.4. The van der Waals surface area contributed by atoms with Gasteiger partial charge in [0.15, 0.2) is 0 Å². The van der Waals surface area contributed by atoms with Gasteiger partial charge in [0.2, 0.25) is 0 Å². The third-order valence-corrected chi connectivity index (χ3v) is 2.19. The molecule has 17 heavy (non-hydrogen) atoms. The molecule has 3 N–H and O–H groups in total. The largest absolute Gasteiger partial charge is 0.481 e. The summed E-state index contributed by atoms with van der Waals surface area (Å²) in [5.41, 5.74) is 5.13. The SMILES string of the molecule is N[C@H](CC(=O)O)Cc1cccc(C(F)(F)F)c1. The van der Waals surface area contributed by atoms with E-state index in [-0.39, 0.29) is 12.8 Å². The second kappa shape index (κ2) is 5.18. The minimum Gasteiger partial charge on any atom is -0.481 e. The van der Waals surface area contributed by atoms with Gasteiger partial charge in [0.1, 0.15) is 0 Å². The number of halogens is 3. The Balaban J connectivity index is 2.76. The quantitative estimate of drug-likeness (QED) is 0.855. The summed E-state index contributed by atoms with van der Waals surface area (Å²) in [6.45, 7) is 0. The van der Waals surface area contributed by atoms with Crippen LogP contribution in [0.15, 0.2) is 24.3 Å². The summed E-state index contributed by atoms with van der Waals surface area (Å²) in [5, 5.41) is 8.49. The molecule has 1 atom stereocenters. The standard InChI is InChI=1S/C11H12F3NO2/c12-11(13,14)8-3-1-2-7(4-8)5-9(15)6-10(16)17/h1-4,9H,5-6,15H2,(H,16,17)/t9-/m0/s1. The minimum absolute atomic E-state index is 0.107. The van der Waals surface area contributed by atoms with E-state index >= 15 is 0 Å². The summed E-state index contributed by atoms with van der Waals surface area (Å²) >= 11 is 0. The zero-order valence-corrected chi connectivity index (χ0v) is 8.87. The van der Waals surface area contributed by atoms with Crippen LogP contribution < -0.4 is 5.73 Å². The van der Waals surface area contributed by atoms with Gasteiger partial charge in [0.25, 0.3) is 0 Å². The van der Waals surface area contributed by atoms with E-state index in [0.29, 0.717) is 5.56 Å². The monoisotopic (exact) mass is 247 g/mol. The summed E-state index contributed by atoms with van der Waals surface area (Å²) in [7, 11) is 0. The van der Waals surface area contributed by atoms with Gasteiger partial charge in [0.05, 0.1) is 12.0 Å². The molecule has 0 unspecified atom stereocenters. The Morgan fingerprint density at radius 3 is 2.59 bits per heavy atom. The normalized spacial score (nSPS) is 13.4. The topological polar surface area (TPSA) is 63.3 Å². The molecule has 3 nitrogen and oxygen atoms in total. The second-order valence-corrected chi connectivity index (χ2v) is 3.76. The van der Waals surface area contributed by atoms with Crippen molar-refractivity contribution >= 4 is 5.97 Å². The summed E-state index contributed by atoms with van der Waals surface area (Å²) in [6, 6.07) is 4.05. The number of benzene rings is 1. The first-order valence-corrected chi connectivity index (χ1v) is 4.92. The van der Waals surface area contributed by atoms with E-state index in [2.05, 4.69) is 0 Å². The average molecular weight is 247 g/mol. The predicted octanol–water partition coefficient (Wildman–Crippen LogP) is 2.05. The van der Waals surface area contributed by atoms with Gasteiger partial charge in [0, 0.05) is 6.04 Å². The van der Waals surface area contributed by atoms with Gasteiger partial charge >= 0.3 is 12.1 Å². The first kappa shape index (κ1) is 13.5. The molecule has 0 saturated carbocycles. The number of hydrogen-bond donors (Lipinski definition) is 2. The number of alkyl halides is 3. The van der Waals surface area contributed by atoms with Crippen molar-refractivity contribution in [3.63, 3.8) is 0 Å². The first-order chi connectivity index (χ1) is 7.79. The zero-order chi connectivity index (χ0) is 13.1. The molecule has 0 radical (unpaired) electrons. The van der Waals surface area contributed by atoms with E-state index in [9.17, 15) is 18.0 Å². The molecule has 1 aromatic carbocycles. The van der Waals surface area contributed by atoms with Gasteiger partial charge in [-0.15, -0.1) is 0 Å². The van der Waals surface area contributed by atoms with E-state index in [1.807, 2.05) is 0 Å². The molecule has 0 aliphatic heterocycles. The summed E-state index contributed by atoms with van der Waals surface area (Å²) in [5.74, 6) is -1.07. The van der Waals surface area contributed by atoms with Crippen LogP contribution in [-0.4, -0.2) is 17.1 Å². The number of nitrogens with two attached hydrogens (primary N) is 1. The Bertz CT molecular complexity index is 404. The molecular weight excluding hydrogens is 235 g/mol. The lowest BCUT2D eigenvalue weighted by Gasteiger charge is -2.11. The number of aliphatic carboxylic acids is 1. The van der Waals surface area contributed by atoms with Crippen LogP contribution in [0.25, 0.3) is 0 Å². The molecule has 0 aromatic heterocycles. The van der Waals surface area contributed by atoms with Gasteiger partial charge in [-0.1, -0.05) is 18.2 Å². The number of rotatable bonds is 4. The van der Waals surface area contributed by atoms with E-state index in [4.69, 9.17) is 10.8 Å². The molecule has 0 aliphatic carbocycles. The maximum Gasteiger partial charge on any atom is 0.416 e. The van der Waals surface area contributed by atoms with E-state index < -0.39 is 23.8 Å². The minimum atomic E-state index is -4.40. The van der Waals surface area contributed by atoms with Crippen LogP contribution in [0.3, 0.4) is 0 Å². The average Bonchev–Trinajstić information content (AvgIpc) is 2.15. The second-order valence-electron chi connectivity index (χ2n) is 3.76. The van der Waals surface area contributed by atoms with Crippen LogP contribution in [0.2, 0.25) is 0 Å². The van der Waals surface area contributed by atoms with Crippen LogP contribution in [0.4, 0.5) is 13.2 Å². The van der Waals surface area contributed by atoms with Crippen molar-refractivity contribution in [2.45, 2.75) is 25.1 Å². The van der Waals surface area contributed by atoms with Gasteiger partial charge in [-0.2, -0.15) is 13.2 Å². The Labute approximate surface area is 96.0 Å². The van der Waals surface area contributed by atoms with Gasteiger partial charge in [-0.25, -0.2) is 0 Å². The van der Waals surface area contributed by atoms with Gasteiger partial charge < -0.3 is 10.8 Å². The molecule has 0 amide bonds. The smallest absolute Gasteiger partial charge is 0.416 e. The highest BCUT2D eigenvalue weighted by Crippen LogP contribution is 2.29. The molecule has 0 aliphatic rings. The zero-order valence-electron chi connectivity index (χ0n) is 8.87. The van der Waals surface area contributed by atoms with Crippen molar-refractivity contribution in [1.82, 2.24) is 0 Å². The van der Waals surface area contributed by atoms with Gasteiger partial charge in [-0.05, 0) is 18.1 Å². The lowest BCUT2D eigenvalue weighted by atomic mass is 10.0. The van der Waals surface area contributed by atoms with Crippen molar-refractivity contribution in [3.05, 3.63) is 35.4 Å². The van der Waals surface area contributed by atoms with Crippen molar-refractivity contribution in [2.24, 2.45) is 5.73 Å². The molecule has 0 saturated heterocycles. The number of hydrogen-bond acceptors (Lipinski definition) is 2. The van der Waals surface area contributed by atoms with Gasteiger partial charge in [-0.3, -0.25) is 4.79 Å². The van der Waals surface area contributed by atoms with Crippen molar-refractivity contribution in [1.29, 1.82) is 0 Å². The Morgan fingerprint density at radius 1 is 1.41 bits per heavy atom. The number of carboxylic acids is 1. The highest BCUT2D eigenvalue weighted by Gasteiger charge is 2.30. The molecule has 1 rings (SSSR count). The fraction of sp³-hybridized carbons (Fsp3) is 0.364. The molecule has 0 fully saturated rings. The third-order valence-electron chi connectivity index (χ3n) is 2.19. The van der Waals surface area contributed by atoms with Crippen molar-refractivity contribution < 1.29 is 23.1 Å². The Morgan fingerprint density at radius 2 is 2.06 bits per heavy atom. The van der Waals surface area contributed by atoms with E-state index in [1.165, 1.54) is 12.1 Å². The highest BCUT2D eigenvalue weighted by molar-refractivity contribution is 5.67. The van der Waals surface area contributed by atoms with Crippen LogP contribution in [0.1, 0.15) is 17.5 Å². The van der Waals surface area contributed by atoms with E-state index in [1.54, 1.807) is 0 Å². The maximum absolute atomic E-state index is 12.4. The molecule has 0 bridgehead atoms. The molecule has 0 spiro atoms. The van der Waals surface area contributed by atoms with E-state index in [0.717, 1.165) is 12.1 Å². The fourth-order valence-corrected chi connectivity index (χ4v) is 1.47. The lowest BCUT2D eigenvalue weighted by molar-refractivity contribution is -0.138. The van der Waals surface area contributed by atoms with Crippen LogP contribution in [0, 0.1) is 0 Å². The summed E-state index contributed by atoms with van der Waals surface area (Å²) < 4.78 is 37.2.